The highest BCUT2D eigenvalue weighted by atomic mass is 35.5. The van der Waals surface area contributed by atoms with Crippen molar-refractivity contribution in [3.8, 4) is 11.5 Å². The van der Waals surface area contributed by atoms with Gasteiger partial charge in [-0.3, -0.25) is 9.69 Å². The van der Waals surface area contributed by atoms with Crippen LogP contribution in [0.3, 0.4) is 0 Å². The Balaban J connectivity index is 0.00000240. The summed E-state index contributed by atoms with van der Waals surface area (Å²) in [5, 5.41) is 5.36. The molecule has 1 atom stereocenters. The zero-order valence-electron chi connectivity index (χ0n) is 16.6. The molecule has 3 heterocycles. The molecule has 0 spiro atoms. The summed E-state index contributed by atoms with van der Waals surface area (Å²) in [5.74, 6) is 1.55. The number of nitrogens with one attached hydrogen (secondary N) is 1. The first-order valence-electron chi connectivity index (χ1n) is 9.55. The molecule has 2 aromatic rings. The van der Waals surface area contributed by atoms with Crippen molar-refractivity contribution in [3.05, 3.63) is 23.1 Å². The third kappa shape index (κ3) is 5.01. The highest BCUT2D eigenvalue weighted by Crippen LogP contribution is 2.37. The fourth-order valence-electron chi connectivity index (χ4n) is 3.51. The number of ether oxygens (including phenoxy) is 3. The first kappa shape index (κ1) is 21.8. The van der Waals surface area contributed by atoms with Crippen molar-refractivity contribution < 1.29 is 19.0 Å². The maximum absolute atomic E-state index is 11.5. The van der Waals surface area contributed by atoms with Crippen LogP contribution in [0.5, 0.6) is 11.5 Å². The van der Waals surface area contributed by atoms with Crippen LogP contribution in [0.4, 0.5) is 0 Å². The molecule has 0 saturated carbocycles. The van der Waals surface area contributed by atoms with E-state index in [2.05, 4.69) is 21.5 Å². The number of thiophene rings is 1. The van der Waals surface area contributed by atoms with Gasteiger partial charge < -0.3 is 14.2 Å². The summed E-state index contributed by atoms with van der Waals surface area (Å²) in [6.45, 7) is 6.98. The number of rotatable bonds is 6. The summed E-state index contributed by atoms with van der Waals surface area (Å²) in [6.07, 6.45) is 0.465. The fraction of sp³-hybridized carbons (Fsp3) is 0.500. The number of carbonyl (C=O) groups is 1. The van der Waals surface area contributed by atoms with E-state index in [1.54, 1.807) is 18.4 Å². The zero-order valence-corrected chi connectivity index (χ0v) is 18.2. The molecule has 1 aromatic heterocycles. The maximum Gasteiger partial charge on any atom is 0.240 e. The van der Waals surface area contributed by atoms with Crippen LogP contribution in [0, 0.1) is 5.92 Å². The van der Waals surface area contributed by atoms with Gasteiger partial charge in [-0.25, -0.2) is 5.43 Å². The molecule has 1 aromatic carbocycles. The molecule has 0 radical (unpaired) electrons. The van der Waals surface area contributed by atoms with Crippen molar-refractivity contribution in [1.82, 2.24) is 10.3 Å². The number of morpholine rings is 1. The molecule has 1 fully saturated rings. The lowest BCUT2D eigenvalue weighted by molar-refractivity contribution is -0.121. The van der Waals surface area contributed by atoms with E-state index < -0.39 is 0 Å². The van der Waals surface area contributed by atoms with Gasteiger partial charge >= 0.3 is 0 Å². The number of methoxy groups -OCH3 is 1. The first-order valence-corrected chi connectivity index (χ1v) is 10.4. The Bertz CT molecular complexity index is 895. The average Bonchev–Trinajstić information content (AvgIpc) is 3.10. The average molecular weight is 440 g/mol. The number of nitrogens with zero attached hydrogens (tertiary/aromatic N) is 2. The summed E-state index contributed by atoms with van der Waals surface area (Å²) in [4.78, 5) is 14.9. The van der Waals surface area contributed by atoms with Gasteiger partial charge in [-0.1, -0.05) is 6.92 Å². The van der Waals surface area contributed by atoms with E-state index >= 15 is 0 Å². The van der Waals surface area contributed by atoms with Crippen molar-refractivity contribution in [2.45, 2.75) is 13.3 Å². The SMILES string of the molecule is COc1cc2sc(C3=NNC(=O)CC3C)cc2cc1OCCN1CCOCC1.Cl. The molecule has 1 N–H and O–H groups in total. The van der Waals surface area contributed by atoms with Crippen LogP contribution in [0.15, 0.2) is 23.3 Å². The minimum Gasteiger partial charge on any atom is -0.493 e. The highest BCUT2D eigenvalue weighted by Gasteiger charge is 2.23. The van der Waals surface area contributed by atoms with Crippen LogP contribution in [0.1, 0.15) is 18.2 Å². The lowest BCUT2D eigenvalue weighted by Gasteiger charge is -2.26. The largest absolute Gasteiger partial charge is 0.493 e. The summed E-state index contributed by atoms with van der Waals surface area (Å²) in [6, 6.07) is 6.15. The van der Waals surface area contributed by atoms with Crippen LogP contribution in [-0.2, 0) is 9.53 Å². The van der Waals surface area contributed by atoms with Crippen LogP contribution in [-0.4, -0.2) is 63.1 Å². The van der Waals surface area contributed by atoms with Gasteiger partial charge in [-0.05, 0) is 17.5 Å². The number of benzene rings is 1. The Morgan fingerprint density at radius 3 is 2.79 bits per heavy atom. The monoisotopic (exact) mass is 439 g/mol. The number of hydrogen-bond acceptors (Lipinski definition) is 7. The van der Waals surface area contributed by atoms with E-state index in [4.69, 9.17) is 14.2 Å². The topological polar surface area (TPSA) is 72.4 Å². The molecule has 1 unspecified atom stereocenters. The minimum atomic E-state index is -0.0324. The van der Waals surface area contributed by atoms with E-state index in [0.29, 0.717) is 13.0 Å². The molecule has 29 heavy (non-hydrogen) atoms. The van der Waals surface area contributed by atoms with E-state index in [1.165, 1.54) is 0 Å². The van der Waals surface area contributed by atoms with E-state index in [9.17, 15) is 4.79 Å². The van der Waals surface area contributed by atoms with Gasteiger partial charge in [-0.15, -0.1) is 23.7 Å². The number of halogens is 1. The van der Waals surface area contributed by atoms with Gasteiger partial charge in [0.15, 0.2) is 11.5 Å². The second kappa shape index (κ2) is 9.75. The zero-order chi connectivity index (χ0) is 19.5. The first-order chi connectivity index (χ1) is 13.6. The second-order valence-corrected chi connectivity index (χ2v) is 8.17. The molecule has 1 saturated heterocycles. The van der Waals surface area contributed by atoms with Gasteiger partial charge in [0.2, 0.25) is 5.91 Å². The maximum atomic E-state index is 11.5. The smallest absolute Gasteiger partial charge is 0.240 e. The van der Waals surface area contributed by atoms with E-state index in [-0.39, 0.29) is 24.2 Å². The number of hydrazone groups is 1. The highest BCUT2D eigenvalue weighted by molar-refractivity contribution is 7.21. The van der Waals surface area contributed by atoms with E-state index in [1.807, 2.05) is 19.1 Å². The van der Waals surface area contributed by atoms with Gasteiger partial charge in [0.05, 0.1) is 30.9 Å². The van der Waals surface area contributed by atoms with Crippen molar-refractivity contribution in [2.24, 2.45) is 11.0 Å². The summed E-state index contributed by atoms with van der Waals surface area (Å²) >= 11 is 1.65. The molecule has 4 rings (SSSR count). The standard InChI is InChI=1S/C20H25N3O4S.ClH/c1-13-9-19(24)21-22-20(13)18-11-14-10-16(15(25-2)12-17(14)28-18)27-8-5-23-3-6-26-7-4-23;/h10-13H,3-9H2,1-2H3,(H,21,24);1H. The molecule has 158 valence electrons. The van der Waals surface area contributed by atoms with Gasteiger partial charge in [0.25, 0.3) is 0 Å². The molecule has 2 aliphatic rings. The van der Waals surface area contributed by atoms with Crippen molar-refractivity contribution >= 4 is 45.4 Å². The Hall–Kier alpha value is -1.87. The van der Waals surface area contributed by atoms with Crippen molar-refractivity contribution in [3.63, 3.8) is 0 Å². The number of hydrogen-bond donors (Lipinski definition) is 1. The second-order valence-electron chi connectivity index (χ2n) is 7.09. The van der Waals surface area contributed by atoms with Gasteiger partial charge in [0.1, 0.15) is 6.61 Å². The summed E-state index contributed by atoms with van der Waals surface area (Å²) < 4.78 is 18.1. The third-order valence-electron chi connectivity index (χ3n) is 5.08. The van der Waals surface area contributed by atoms with Gasteiger partial charge in [0, 0.05) is 42.7 Å². The van der Waals surface area contributed by atoms with Crippen LogP contribution in [0.25, 0.3) is 10.1 Å². The Morgan fingerprint density at radius 1 is 1.28 bits per heavy atom. The number of carbonyl (C=O) groups excluding carboxylic acids is 1. The molecular formula is C20H26ClN3O4S. The molecule has 0 bridgehead atoms. The lowest BCUT2D eigenvalue weighted by atomic mass is 9.99. The van der Waals surface area contributed by atoms with Crippen LogP contribution in [0.2, 0.25) is 0 Å². The number of amides is 1. The van der Waals surface area contributed by atoms with E-state index in [0.717, 1.165) is 65.0 Å². The van der Waals surface area contributed by atoms with Crippen LogP contribution >= 0.6 is 23.7 Å². The minimum absolute atomic E-state index is 0. The Kier molecular flexibility index (Phi) is 7.34. The van der Waals surface area contributed by atoms with Crippen LogP contribution < -0.4 is 14.9 Å². The summed E-state index contributed by atoms with van der Waals surface area (Å²) in [5.41, 5.74) is 3.52. The van der Waals surface area contributed by atoms with Gasteiger partial charge in [-0.2, -0.15) is 5.10 Å². The Labute approximate surface area is 180 Å². The van der Waals surface area contributed by atoms with Crippen molar-refractivity contribution in [1.29, 1.82) is 0 Å². The van der Waals surface area contributed by atoms with Crippen molar-refractivity contribution in [2.75, 3.05) is 46.6 Å². The quantitative estimate of drug-likeness (QED) is 0.749. The third-order valence-corrected chi connectivity index (χ3v) is 6.20. The predicted molar refractivity (Wildman–Crippen MR) is 117 cm³/mol. The number of fused-ring (bicyclic) bond motifs is 1. The molecule has 9 heteroatoms. The lowest BCUT2D eigenvalue weighted by Crippen LogP contribution is -2.38. The Morgan fingerprint density at radius 2 is 2.07 bits per heavy atom. The normalized spacial score (nSPS) is 20.0. The molecular weight excluding hydrogens is 414 g/mol. The fourth-order valence-corrected chi connectivity index (χ4v) is 4.68. The molecule has 2 aliphatic heterocycles. The molecule has 0 aliphatic carbocycles. The predicted octanol–water partition coefficient (Wildman–Crippen LogP) is 2.90. The molecule has 1 amide bonds. The molecule has 7 nitrogen and oxygen atoms in total. The summed E-state index contributed by atoms with van der Waals surface area (Å²) in [7, 11) is 1.66.